The zero-order valence-electron chi connectivity index (χ0n) is 23.3. The Morgan fingerprint density at radius 2 is 1.43 bits per heavy atom. The number of anilines is 1. The number of nitrogens with zero attached hydrogens (tertiary/aromatic N) is 2. The van der Waals surface area contributed by atoms with E-state index >= 15 is 0 Å². The average Bonchev–Trinajstić information content (AvgIpc) is 3.02. The number of halogens is 1. The summed E-state index contributed by atoms with van der Waals surface area (Å²) in [5.41, 5.74) is 1.77. The van der Waals surface area contributed by atoms with E-state index in [1.165, 1.54) is 31.2 Å². The molecular weight excluding hydrogens is 574 g/mol. The Morgan fingerprint density at radius 1 is 0.833 bits per heavy atom. The summed E-state index contributed by atoms with van der Waals surface area (Å²) in [7, 11) is -1.28. The maximum absolute atomic E-state index is 14.3. The predicted octanol–water partition coefficient (Wildman–Crippen LogP) is 4.93. The molecule has 0 spiro atoms. The lowest BCUT2D eigenvalue weighted by atomic mass is 10.0. The first kappa shape index (κ1) is 30.6. The van der Waals surface area contributed by atoms with Crippen LogP contribution in [0, 0.1) is 0 Å². The highest BCUT2D eigenvalue weighted by Gasteiger charge is 2.35. The molecule has 218 valence electrons. The monoisotopic (exact) mass is 605 g/mol. The van der Waals surface area contributed by atoms with Crippen LogP contribution in [0.3, 0.4) is 0 Å². The van der Waals surface area contributed by atoms with Gasteiger partial charge in [0.15, 0.2) is 0 Å². The topological polar surface area (TPSA) is 96.0 Å². The molecule has 0 aromatic heterocycles. The van der Waals surface area contributed by atoms with Crippen molar-refractivity contribution in [3.63, 3.8) is 0 Å². The van der Waals surface area contributed by atoms with E-state index < -0.39 is 28.5 Å². The van der Waals surface area contributed by atoms with Gasteiger partial charge in [-0.1, -0.05) is 84.4 Å². The summed E-state index contributed by atoms with van der Waals surface area (Å²) in [6, 6.07) is 29.8. The smallest absolute Gasteiger partial charge is 0.264 e. The van der Waals surface area contributed by atoms with E-state index in [1.54, 1.807) is 66.7 Å². The number of likely N-dealkylation sites (N-methyl/N-ethyl adjacent to an activating group) is 1. The fourth-order valence-electron chi connectivity index (χ4n) is 4.58. The van der Waals surface area contributed by atoms with Gasteiger partial charge in [-0.05, 0) is 47.5 Å². The van der Waals surface area contributed by atoms with E-state index in [0.717, 1.165) is 15.4 Å². The molecule has 0 aliphatic rings. The molecule has 4 rings (SSSR count). The van der Waals surface area contributed by atoms with Crippen LogP contribution in [0.4, 0.5) is 5.69 Å². The quantitative estimate of drug-likeness (QED) is 0.247. The van der Waals surface area contributed by atoms with Crippen molar-refractivity contribution < 1.29 is 22.7 Å². The number of carbonyl (C=O) groups excluding carboxylic acids is 2. The van der Waals surface area contributed by atoms with Crippen molar-refractivity contribution >= 4 is 39.1 Å². The third kappa shape index (κ3) is 7.29. The molecule has 42 heavy (non-hydrogen) atoms. The van der Waals surface area contributed by atoms with Gasteiger partial charge in [0.25, 0.3) is 10.0 Å². The molecule has 1 N–H and O–H groups in total. The van der Waals surface area contributed by atoms with Gasteiger partial charge in [-0.25, -0.2) is 8.42 Å². The summed E-state index contributed by atoms with van der Waals surface area (Å²) in [5, 5.41) is 3.20. The number of para-hydroxylation sites is 2. The van der Waals surface area contributed by atoms with E-state index in [9.17, 15) is 18.0 Å². The molecular formula is C32H32ClN3O5S. The van der Waals surface area contributed by atoms with Gasteiger partial charge in [-0.3, -0.25) is 13.9 Å². The Labute approximate surface area is 251 Å². The average molecular weight is 606 g/mol. The largest absolute Gasteiger partial charge is 0.495 e. The van der Waals surface area contributed by atoms with Gasteiger partial charge < -0.3 is 15.0 Å². The lowest BCUT2D eigenvalue weighted by Gasteiger charge is -2.34. The number of carbonyl (C=O) groups is 2. The first-order valence-electron chi connectivity index (χ1n) is 13.2. The van der Waals surface area contributed by atoms with Crippen molar-refractivity contribution in [3.8, 4) is 5.75 Å². The molecule has 0 fully saturated rings. The summed E-state index contributed by atoms with van der Waals surface area (Å²) >= 11 is 6.10. The molecule has 2 amide bonds. The van der Waals surface area contributed by atoms with Crippen LogP contribution in [0.2, 0.25) is 5.02 Å². The van der Waals surface area contributed by atoms with Crippen LogP contribution in [0.1, 0.15) is 11.1 Å². The number of methoxy groups -OCH3 is 1. The normalized spacial score (nSPS) is 11.8. The van der Waals surface area contributed by atoms with E-state index in [-0.39, 0.29) is 35.2 Å². The minimum Gasteiger partial charge on any atom is -0.495 e. The lowest BCUT2D eigenvalue weighted by molar-refractivity contribution is -0.139. The highest BCUT2D eigenvalue weighted by molar-refractivity contribution is 7.92. The third-order valence-electron chi connectivity index (χ3n) is 6.75. The first-order chi connectivity index (χ1) is 20.2. The first-order valence-corrected chi connectivity index (χ1v) is 15.1. The standard InChI is InChI=1S/C32H32ClN3O5S/c1-34-32(38)29(21-24-11-5-3-6-12-24)35(22-25-17-19-26(33)20-18-25)31(37)23-36(28-15-9-10-16-30(28)41-2)42(39,40)27-13-7-4-8-14-27/h3-20,29H,21-23H2,1-2H3,(H,34,38)/t29-/m1/s1. The minimum absolute atomic E-state index is 0.0140. The molecule has 0 unspecified atom stereocenters. The van der Waals surface area contributed by atoms with Crippen LogP contribution in [-0.4, -0.2) is 51.9 Å². The number of ether oxygens (including phenoxy) is 1. The Hall–Kier alpha value is -4.34. The van der Waals surface area contributed by atoms with E-state index in [0.29, 0.717) is 5.02 Å². The maximum atomic E-state index is 14.3. The summed E-state index contributed by atoms with van der Waals surface area (Å²) < 4.78 is 34.5. The Morgan fingerprint density at radius 3 is 2.05 bits per heavy atom. The molecule has 0 saturated heterocycles. The molecule has 0 aliphatic carbocycles. The van der Waals surface area contributed by atoms with E-state index in [1.807, 2.05) is 30.3 Å². The molecule has 0 bridgehead atoms. The zero-order chi connectivity index (χ0) is 30.1. The fourth-order valence-corrected chi connectivity index (χ4v) is 6.15. The summed E-state index contributed by atoms with van der Waals surface area (Å²) in [4.78, 5) is 29.0. The summed E-state index contributed by atoms with van der Waals surface area (Å²) in [6.07, 6.45) is 0.222. The molecule has 8 nitrogen and oxygen atoms in total. The van der Waals surface area contributed by atoms with Crippen molar-refractivity contribution in [2.45, 2.75) is 23.9 Å². The van der Waals surface area contributed by atoms with Crippen LogP contribution >= 0.6 is 11.6 Å². The predicted molar refractivity (Wildman–Crippen MR) is 164 cm³/mol. The Balaban J connectivity index is 1.80. The number of rotatable bonds is 12. The number of amides is 2. The molecule has 1 atom stereocenters. The highest BCUT2D eigenvalue weighted by Crippen LogP contribution is 2.32. The van der Waals surface area contributed by atoms with Gasteiger partial charge >= 0.3 is 0 Å². The Kier molecular flexibility index (Phi) is 10.2. The van der Waals surface area contributed by atoms with Crippen LogP contribution in [0.15, 0.2) is 114 Å². The minimum atomic E-state index is -4.22. The third-order valence-corrected chi connectivity index (χ3v) is 8.77. The van der Waals surface area contributed by atoms with Crippen molar-refractivity contribution in [3.05, 3.63) is 125 Å². The zero-order valence-corrected chi connectivity index (χ0v) is 24.9. The molecule has 10 heteroatoms. The van der Waals surface area contributed by atoms with Gasteiger partial charge in [0.05, 0.1) is 17.7 Å². The molecule has 0 heterocycles. The van der Waals surface area contributed by atoms with Crippen molar-refractivity contribution in [1.82, 2.24) is 10.2 Å². The van der Waals surface area contributed by atoms with Crippen LogP contribution in [0.5, 0.6) is 5.75 Å². The second kappa shape index (κ2) is 14.0. The van der Waals surface area contributed by atoms with Crippen molar-refractivity contribution in [1.29, 1.82) is 0 Å². The van der Waals surface area contributed by atoms with Crippen LogP contribution in [0.25, 0.3) is 0 Å². The van der Waals surface area contributed by atoms with Crippen LogP contribution < -0.4 is 14.4 Å². The molecule has 0 saturated carbocycles. The second-order valence-electron chi connectivity index (χ2n) is 9.46. The highest BCUT2D eigenvalue weighted by atomic mass is 35.5. The lowest BCUT2D eigenvalue weighted by Crippen LogP contribution is -2.53. The summed E-state index contributed by atoms with van der Waals surface area (Å²) in [5.74, 6) is -0.669. The number of nitrogens with one attached hydrogen (secondary N) is 1. The number of hydrogen-bond acceptors (Lipinski definition) is 5. The number of benzene rings is 4. The molecule has 0 radical (unpaired) electrons. The van der Waals surface area contributed by atoms with Crippen molar-refractivity contribution in [2.75, 3.05) is 25.0 Å². The fraction of sp³-hybridized carbons (Fsp3) is 0.188. The second-order valence-corrected chi connectivity index (χ2v) is 11.8. The Bertz CT molecular complexity index is 1600. The van der Waals surface area contributed by atoms with Gasteiger partial charge in [0.2, 0.25) is 11.8 Å². The molecule has 4 aromatic carbocycles. The van der Waals surface area contributed by atoms with Gasteiger partial charge in [0.1, 0.15) is 18.3 Å². The number of hydrogen-bond donors (Lipinski definition) is 1. The molecule has 0 aliphatic heterocycles. The van der Waals surface area contributed by atoms with E-state index in [2.05, 4.69) is 5.32 Å². The maximum Gasteiger partial charge on any atom is 0.264 e. The molecule has 4 aromatic rings. The number of sulfonamides is 1. The van der Waals surface area contributed by atoms with Gasteiger partial charge in [-0.15, -0.1) is 0 Å². The van der Waals surface area contributed by atoms with E-state index in [4.69, 9.17) is 16.3 Å². The van der Waals surface area contributed by atoms with Gasteiger partial charge in [-0.2, -0.15) is 0 Å². The van der Waals surface area contributed by atoms with Crippen molar-refractivity contribution in [2.24, 2.45) is 0 Å². The SMILES string of the molecule is CNC(=O)[C@@H](Cc1ccccc1)N(Cc1ccc(Cl)cc1)C(=O)CN(c1ccccc1OC)S(=O)(=O)c1ccccc1. The van der Waals surface area contributed by atoms with Crippen LogP contribution in [-0.2, 0) is 32.6 Å². The summed E-state index contributed by atoms with van der Waals surface area (Å²) in [6.45, 7) is -0.528. The van der Waals surface area contributed by atoms with Gasteiger partial charge in [0, 0.05) is 25.0 Å².